The largest absolute Gasteiger partial charge is 0.441 e. The predicted molar refractivity (Wildman–Crippen MR) is 71.8 cm³/mol. The summed E-state index contributed by atoms with van der Waals surface area (Å²) in [5.41, 5.74) is -2.66. The summed E-state index contributed by atoms with van der Waals surface area (Å²) in [5, 5.41) is 13.0. The fraction of sp³-hybridized carbons (Fsp3) is 0.300. The molecule has 0 bridgehead atoms. The number of nitro benzene ring substituents is 1. The van der Waals surface area contributed by atoms with E-state index in [1.54, 1.807) is 0 Å². The Morgan fingerprint density at radius 1 is 1.43 bits per heavy atom. The van der Waals surface area contributed by atoms with Crippen molar-refractivity contribution in [2.24, 2.45) is 5.84 Å². The molecule has 0 aliphatic rings. The Hall–Kier alpha value is -2.01. The smallest absolute Gasteiger partial charge is 0.351 e. The first kappa shape index (κ1) is 17.0. The highest BCUT2D eigenvalue weighted by molar-refractivity contribution is 8.00. The summed E-state index contributed by atoms with van der Waals surface area (Å²) < 4.78 is 35.7. The number of rotatable bonds is 6. The molecule has 0 spiro atoms. The van der Waals surface area contributed by atoms with Gasteiger partial charge in [-0.15, -0.1) is 0 Å². The first-order valence-electron chi connectivity index (χ1n) is 5.48. The second-order valence-electron chi connectivity index (χ2n) is 3.68. The molecule has 1 aromatic carbocycles. The monoisotopic (exact) mass is 324 g/mol. The zero-order chi connectivity index (χ0) is 16.0. The van der Waals surface area contributed by atoms with E-state index >= 15 is 0 Å². The summed E-state index contributed by atoms with van der Waals surface area (Å²) in [6.45, 7) is -0.277. The van der Waals surface area contributed by atoms with Gasteiger partial charge in [-0.1, -0.05) is 0 Å². The SMILES string of the molecule is NNc1ccc([N+](=O)[O-])c(C(=O)NCCSC(F)(F)F)c1. The number of nitrogen functional groups attached to an aromatic ring is 1. The number of alkyl halides is 3. The van der Waals surface area contributed by atoms with E-state index in [9.17, 15) is 28.1 Å². The van der Waals surface area contributed by atoms with Gasteiger partial charge >= 0.3 is 5.51 Å². The first-order valence-corrected chi connectivity index (χ1v) is 6.47. The van der Waals surface area contributed by atoms with Crippen LogP contribution >= 0.6 is 11.8 Å². The van der Waals surface area contributed by atoms with Crippen LogP contribution in [0.1, 0.15) is 10.4 Å². The maximum atomic E-state index is 11.9. The van der Waals surface area contributed by atoms with Gasteiger partial charge in [-0.3, -0.25) is 20.8 Å². The van der Waals surface area contributed by atoms with Crippen LogP contribution in [0, 0.1) is 10.1 Å². The van der Waals surface area contributed by atoms with Crippen molar-refractivity contribution in [1.82, 2.24) is 5.32 Å². The minimum absolute atomic E-state index is 0.260. The highest BCUT2D eigenvalue weighted by atomic mass is 32.2. The first-order chi connectivity index (χ1) is 9.74. The molecule has 116 valence electrons. The number of halogens is 3. The molecule has 7 nitrogen and oxygen atoms in total. The lowest BCUT2D eigenvalue weighted by molar-refractivity contribution is -0.385. The highest BCUT2D eigenvalue weighted by Crippen LogP contribution is 2.29. The Labute approximate surface area is 121 Å². The number of hydrogen-bond donors (Lipinski definition) is 3. The van der Waals surface area contributed by atoms with Gasteiger partial charge in [0.25, 0.3) is 11.6 Å². The number of thioether (sulfide) groups is 1. The Bertz CT molecular complexity index is 539. The van der Waals surface area contributed by atoms with Crippen LogP contribution in [0.15, 0.2) is 18.2 Å². The molecule has 0 saturated heterocycles. The van der Waals surface area contributed by atoms with E-state index in [0.29, 0.717) is 0 Å². The van der Waals surface area contributed by atoms with E-state index in [2.05, 4.69) is 10.7 Å². The average Bonchev–Trinajstić information content (AvgIpc) is 2.41. The second kappa shape index (κ2) is 7.13. The van der Waals surface area contributed by atoms with E-state index in [4.69, 9.17) is 5.84 Å². The van der Waals surface area contributed by atoms with Gasteiger partial charge in [0.05, 0.1) is 4.92 Å². The topological polar surface area (TPSA) is 110 Å². The fourth-order valence-corrected chi connectivity index (χ4v) is 1.83. The zero-order valence-corrected chi connectivity index (χ0v) is 11.3. The van der Waals surface area contributed by atoms with Gasteiger partial charge in [0.2, 0.25) is 0 Å². The maximum absolute atomic E-state index is 11.9. The molecule has 0 aromatic heterocycles. The molecule has 0 aliphatic carbocycles. The van der Waals surface area contributed by atoms with Crippen LogP contribution in [0.2, 0.25) is 0 Å². The normalized spacial score (nSPS) is 11.0. The number of carbonyl (C=O) groups is 1. The quantitative estimate of drug-likeness (QED) is 0.319. The van der Waals surface area contributed by atoms with Crippen LogP contribution in [0.5, 0.6) is 0 Å². The summed E-state index contributed by atoms with van der Waals surface area (Å²) in [7, 11) is 0. The number of nitrogens with one attached hydrogen (secondary N) is 2. The van der Waals surface area contributed by atoms with Gasteiger partial charge in [0.15, 0.2) is 0 Å². The molecule has 21 heavy (non-hydrogen) atoms. The molecule has 0 saturated carbocycles. The molecule has 0 fully saturated rings. The third kappa shape index (κ3) is 5.47. The molecule has 1 aromatic rings. The van der Waals surface area contributed by atoms with E-state index in [-0.39, 0.29) is 29.6 Å². The highest BCUT2D eigenvalue weighted by Gasteiger charge is 2.27. The minimum Gasteiger partial charge on any atom is -0.351 e. The van der Waals surface area contributed by atoms with E-state index < -0.39 is 27.8 Å². The molecule has 0 unspecified atom stereocenters. The van der Waals surface area contributed by atoms with Crippen LogP contribution in [-0.4, -0.2) is 28.6 Å². The van der Waals surface area contributed by atoms with Crippen molar-refractivity contribution in [3.8, 4) is 0 Å². The summed E-state index contributed by atoms with van der Waals surface area (Å²) in [6.07, 6.45) is 0. The standard InChI is InChI=1S/C10H11F3N4O3S/c11-10(12,13)21-4-3-15-9(18)7-5-6(16-14)1-2-8(7)17(19)20/h1-2,5,16H,3-4,14H2,(H,15,18). The van der Waals surface area contributed by atoms with Crippen LogP contribution in [0.3, 0.4) is 0 Å². The van der Waals surface area contributed by atoms with E-state index in [1.807, 2.05) is 0 Å². The molecule has 1 amide bonds. The van der Waals surface area contributed by atoms with E-state index in [1.165, 1.54) is 6.07 Å². The molecular formula is C10H11F3N4O3S. The third-order valence-corrected chi connectivity index (χ3v) is 2.99. The van der Waals surface area contributed by atoms with Gasteiger partial charge in [-0.05, 0) is 23.9 Å². The summed E-state index contributed by atoms with van der Waals surface area (Å²) in [4.78, 5) is 21.8. The van der Waals surface area contributed by atoms with Gasteiger partial charge in [-0.25, -0.2) is 0 Å². The lowest BCUT2D eigenvalue weighted by atomic mass is 10.1. The van der Waals surface area contributed by atoms with Crippen molar-refractivity contribution in [3.05, 3.63) is 33.9 Å². The van der Waals surface area contributed by atoms with Crippen LogP contribution in [0.4, 0.5) is 24.5 Å². The van der Waals surface area contributed by atoms with Crippen molar-refractivity contribution in [2.75, 3.05) is 17.7 Å². The Balaban J connectivity index is 2.74. The summed E-state index contributed by atoms with van der Waals surface area (Å²) >= 11 is -0.292. The summed E-state index contributed by atoms with van der Waals surface area (Å²) in [5.74, 6) is 3.90. The zero-order valence-electron chi connectivity index (χ0n) is 10.4. The van der Waals surface area contributed by atoms with Crippen molar-refractivity contribution in [3.63, 3.8) is 0 Å². The number of benzene rings is 1. The Kier molecular flexibility index (Phi) is 5.79. The molecule has 0 heterocycles. The van der Waals surface area contributed by atoms with Crippen molar-refractivity contribution in [1.29, 1.82) is 0 Å². The maximum Gasteiger partial charge on any atom is 0.441 e. The van der Waals surface area contributed by atoms with Crippen molar-refractivity contribution < 1.29 is 22.9 Å². The van der Waals surface area contributed by atoms with E-state index in [0.717, 1.165) is 12.1 Å². The third-order valence-electron chi connectivity index (χ3n) is 2.26. The summed E-state index contributed by atoms with van der Waals surface area (Å²) in [6, 6.07) is 3.52. The van der Waals surface area contributed by atoms with Crippen LogP contribution < -0.4 is 16.6 Å². The minimum atomic E-state index is -4.39. The number of carbonyl (C=O) groups excluding carboxylic acids is 1. The second-order valence-corrected chi connectivity index (χ2v) is 4.84. The number of nitrogens with two attached hydrogens (primary N) is 1. The number of amides is 1. The number of hydrogen-bond acceptors (Lipinski definition) is 6. The number of hydrazine groups is 1. The molecule has 0 atom stereocenters. The number of nitro groups is 1. The van der Waals surface area contributed by atoms with Gasteiger partial charge in [0, 0.05) is 24.1 Å². The molecule has 0 radical (unpaired) electrons. The fourth-order valence-electron chi connectivity index (χ4n) is 1.39. The van der Waals surface area contributed by atoms with Crippen molar-refractivity contribution >= 4 is 29.0 Å². The molecule has 1 rings (SSSR count). The lowest BCUT2D eigenvalue weighted by Gasteiger charge is -2.08. The molecular weight excluding hydrogens is 313 g/mol. The average molecular weight is 324 g/mol. The van der Waals surface area contributed by atoms with Crippen LogP contribution in [-0.2, 0) is 0 Å². The van der Waals surface area contributed by atoms with Gasteiger partial charge < -0.3 is 10.7 Å². The van der Waals surface area contributed by atoms with Crippen LogP contribution in [0.25, 0.3) is 0 Å². The molecule has 11 heteroatoms. The Morgan fingerprint density at radius 2 is 2.10 bits per heavy atom. The van der Waals surface area contributed by atoms with Gasteiger partial charge in [-0.2, -0.15) is 13.2 Å². The lowest BCUT2D eigenvalue weighted by Crippen LogP contribution is -2.27. The van der Waals surface area contributed by atoms with Crippen molar-refractivity contribution in [2.45, 2.75) is 5.51 Å². The predicted octanol–water partition coefficient (Wildman–Crippen LogP) is 1.86. The Morgan fingerprint density at radius 3 is 2.62 bits per heavy atom. The van der Waals surface area contributed by atoms with Gasteiger partial charge in [0.1, 0.15) is 5.56 Å². The number of anilines is 1. The number of nitrogens with zero attached hydrogens (tertiary/aromatic N) is 1. The molecule has 0 aliphatic heterocycles. The molecule has 4 N–H and O–H groups in total.